The van der Waals surface area contributed by atoms with Crippen LogP contribution in [-0.2, 0) is 5.75 Å². The van der Waals surface area contributed by atoms with Gasteiger partial charge in [0, 0.05) is 21.9 Å². The Morgan fingerprint density at radius 2 is 1.45 bits per heavy atom. The number of nitriles is 1. The van der Waals surface area contributed by atoms with Crippen molar-refractivity contribution in [3.05, 3.63) is 107 Å². The van der Waals surface area contributed by atoms with Crippen molar-refractivity contribution in [1.29, 1.82) is 5.26 Å². The van der Waals surface area contributed by atoms with Crippen molar-refractivity contribution in [3.8, 4) is 28.5 Å². The molecule has 0 aliphatic heterocycles. The Kier molecular flexibility index (Phi) is 5.95. The van der Waals surface area contributed by atoms with Gasteiger partial charge in [0.05, 0.1) is 11.3 Å². The van der Waals surface area contributed by atoms with Gasteiger partial charge in [0.25, 0.3) is 0 Å². The monoisotopic (exact) mass is 412 g/mol. The van der Waals surface area contributed by atoms with Crippen molar-refractivity contribution in [2.24, 2.45) is 0 Å². The van der Waals surface area contributed by atoms with E-state index in [4.69, 9.17) is 16.6 Å². The van der Waals surface area contributed by atoms with Crippen LogP contribution in [0.4, 0.5) is 0 Å². The number of rotatable bonds is 5. The summed E-state index contributed by atoms with van der Waals surface area (Å²) in [5, 5.41) is 11.4. The average molecular weight is 413 g/mol. The number of halogens is 1. The molecule has 140 valence electrons. The van der Waals surface area contributed by atoms with Gasteiger partial charge < -0.3 is 0 Å². The Labute approximate surface area is 179 Å². The number of thioether (sulfide) groups is 1. The van der Waals surface area contributed by atoms with Crippen molar-refractivity contribution in [1.82, 2.24) is 4.98 Å². The summed E-state index contributed by atoms with van der Waals surface area (Å²) in [6, 6.07) is 32.2. The second-order valence-electron chi connectivity index (χ2n) is 6.46. The fourth-order valence-corrected chi connectivity index (χ4v) is 4.39. The number of pyridine rings is 1. The first-order valence-corrected chi connectivity index (χ1v) is 10.5. The first-order valence-electron chi connectivity index (χ1n) is 9.18. The van der Waals surface area contributed by atoms with Gasteiger partial charge in [-0.25, -0.2) is 4.98 Å². The van der Waals surface area contributed by atoms with Gasteiger partial charge in [-0.3, -0.25) is 0 Å². The van der Waals surface area contributed by atoms with Crippen molar-refractivity contribution >= 4 is 23.4 Å². The molecule has 0 atom stereocenters. The quantitative estimate of drug-likeness (QED) is 0.324. The van der Waals surface area contributed by atoms with Crippen LogP contribution in [0.15, 0.2) is 96.0 Å². The molecule has 4 aromatic rings. The van der Waals surface area contributed by atoms with Crippen molar-refractivity contribution < 1.29 is 0 Å². The molecule has 4 rings (SSSR count). The molecule has 0 aliphatic carbocycles. The van der Waals surface area contributed by atoms with E-state index in [1.807, 2.05) is 91.0 Å². The number of benzene rings is 3. The summed E-state index contributed by atoms with van der Waals surface area (Å²) in [6.45, 7) is 0. The summed E-state index contributed by atoms with van der Waals surface area (Å²) in [7, 11) is 0. The Hall–Kier alpha value is -3.06. The number of hydrogen-bond donors (Lipinski definition) is 0. The Morgan fingerprint density at radius 3 is 2.10 bits per heavy atom. The Morgan fingerprint density at radius 1 is 0.828 bits per heavy atom. The average Bonchev–Trinajstić information content (AvgIpc) is 2.79. The van der Waals surface area contributed by atoms with Gasteiger partial charge in [0.1, 0.15) is 11.1 Å². The van der Waals surface area contributed by atoms with Gasteiger partial charge in [-0.1, -0.05) is 90.5 Å². The molecule has 0 radical (unpaired) electrons. The normalized spacial score (nSPS) is 10.5. The fraction of sp³-hybridized carbons (Fsp3) is 0.0400. The molecule has 0 N–H and O–H groups in total. The summed E-state index contributed by atoms with van der Waals surface area (Å²) >= 11 is 7.86. The van der Waals surface area contributed by atoms with E-state index < -0.39 is 0 Å². The van der Waals surface area contributed by atoms with Gasteiger partial charge in [0.15, 0.2) is 0 Å². The molecule has 1 heterocycles. The van der Waals surface area contributed by atoms with Gasteiger partial charge in [-0.2, -0.15) is 5.26 Å². The minimum absolute atomic E-state index is 0.591. The van der Waals surface area contributed by atoms with E-state index in [0.717, 1.165) is 33.0 Å². The summed E-state index contributed by atoms with van der Waals surface area (Å²) in [6.07, 6.45) is 0. The highest BCUT2D eigenvalue weighted by Gasteiger charge is 2.16. The van der Waals surface area contributed by atoms with E-state index in [1.165, 1.54) is 11.8 Å². The van der Waals surface area contributed by atoms with Crippen LogP contribution in [0.5, 0.6) is 0 Å². The van der Waals surface area contributed by atoms with Crippen LogP contribution in [0.2, 0.25) is 5.02 Å². The largest absolute Gasteiger partial charge is 0.240 e. The van der Waals surface area contributed by atoms with E-state index in [9.17, 15) is 5.26 Å². The third-order valence-electron chi connectivity index (χ3n) is 4.57. The molecule has 2 nitrogen and oxygen atoms in total. The highest BCUT2D eigenvalue weighted by molar-refractivity contribution is 7.98. The minimum Gasteiger partial charge on any atom is -0.240 e. The second kappa shape index (κ2) is 8.96. The second-order valence-corrected chi connectivity index (χ2v) is 7.83. The molecular weight excluding hydrogens is 396 g/mol. The highest BCUT2D eigenvalue weighted by Crippen LogP contribution is 2.36. The lowest BCUT2D eigenvalue weighted by Gasteiger charge is -2.13. The molecule has 1 aromatic heterocycles. The van der Waals surface area contributed by atoms with Gasteiger partial charge in [-0.15, -0.1) is 11.8 Å². The number of hydrogen-bond acceptors (Lipinski definition) is 3. The molecule has 0 fully saturated rings. The molecule has 29 heavy (non-hydrogen) atoms. The van der Waals surface area contributed by atoms with E-state index in [0.29, 0.717) is 16.3 Å². The Balaban J connectivity index is 1.82. The van der Waals surface area contributed by atoms with Gasteiger partial charge in [-0.05, 0) is 23.3 Å². The molecule has 0 bridgehead atoms. The van der Waals surface area contributed by atoms with E-state index >= 15 is 0 Å². The molecule has 3 aromatic carbocycles. The van der Waals surface area contributed by atoms with Gasteiger partial charge >= 0.3 is 0 Å². The molecule has 0 unspecified atom stereocenters. The molecule has 0 spiro atoms. The topological polar surface area (TPSA) is 36.7 Å². The van der Waals surface area contributed by atoms with Crippen LogP contribution in [-0.4, -0.2) is 4.98 Å². The lowest BCUT2D eigenvalue weighted by molar-refractivity contribution is 1.12. The number of nitrogens with zero attached hydrogens (tertiary/aromatic N) is 2. The smallest absolute Gasteiger partial charge is 0.115 e. The van der Waals surface area contributed by atoms with Crippen LogP contribution in [0.3, 0.4) is 0 Å². The zero-order valence-electron chi connectivity index (χ0n) is 15.5. The molecule has 0 aliphatic rings. The van der Waals surface area contributed by atoms with Crippen LogP contribution >= 0.6 is 23.4 Å². The van der Waals surface area contributed by atoms with E-state index in [1.54, 1.807) is 0 Å². The summed E-state index contributed by atoms with van der Waals surface area (Å²) in [4.78, 5) is 4.84. The maximum atomic E-state index is 9.94. The SMILES string of the molecule is N#Cc1c(-c2ccccc2)cc(-c2ccccc2)nc1SCc1ccccc1Cl. The van der Waals surface area contributed by atoms with E-state index in [-0.39, 0.29) is 0 Å². The molecule has 0 saturated carbocycles. The van der Waals surface area contributed by atoms with Crippen LogP contribution in [0, 0.1) is 11.3 Å². The first kappa shape index (κ1) is 19.3. The summed E-state index contributed by atoms with van der Waals surface area (Å²) in [5.41, 5.74) is 5.38. The number of aromatic nitrogens is 1. The fourth-order valence-electron chi connectivity index (χ4n) is 3.10. The van der Waals surface area contributed by atoms with Crippen molar-refractivity contribution in [2.45, 2.75) is 10.8 Å². The predicted octanol–water partition coefficient (Wildman–Crippen LogP) is 7.23. The molecule has 0 amide bonds. The predicted molar refractivity (Wildman–Crippen MR) is 121 cm³/mol. The Bertz CT molecular complexity index is 1170. The van der Waals surface area contributed by atoms with Crippen molar-refractivity contribution in [3.63, 3.8) is 0 Å². The standard InChI is InChI=1S/C25H17ClN2S/c26-23-14-8-7-13-20(23)17-29-25-22(16-27)21(18-9-3-1-4-10-18)15-24(28-25)19-11-5-2-6-12-19/h1-15H,17H2. The minimum atomic E-state index is 0.591. The molecular formula is C25H17ClN2S. The summed E-state index contributed by atoms with van der Waals surface area (Å²) < 4.78 is 0. The first-order chi connectivity index (χ1) is 14.3. The van der Waals surface area contributed by atoms with Crippen molar-refractivity contribution in [2.75, 3.05) is 0 Å². The third kappa shape index (κ3) is 4.35. The highest BCUT2D eigenvalue weighted by atomic mass is 35.5. The molecule has 4 heteroatoms. The van der Waals surface area contributed by atoms with Crippen LogP contribution < -0.4 is 0 Å². The van der Waals surface area contributed by atoms with Crippen LogP contribution in [0.25, 0.3) is 22.4 Å². The third-order valence-corrected chi connectivity index (χ3v) is 5.97. The van der Waals surface area contributed by atoms with Gasteiger partial charge in [0.2, 0.25) is 0 Å². The zero-order valence-corrected chi connectivity index (χ0v) is 17.1. The lowest BCUT2D eigenvalue weighted by atomic mass is 9.99. The summed E-state index contributed by atoms with van der Waals surface area (Å²) in [5.74, 6) is 0.647. The van der Waals surface area contributed by atoms with E-state index in [2.05, 4.69) is 6.07 Å². The lowest BCUT2D eigenvalue weighted by Crippen LogP contribution is -1.96. The zero-order chi connectivity index (χ0) is 20.1. The maximum absolute atomic E-state index is 9.94. The molecule has 0 saturated heterocycles. The maximum Gasteiger partial charge on any atom is 0.115 e. The van der Waals surface area contributed by atoms with Crippen LogP contribution in [0.1, 0.15) is 11.1 Å².